The lowest BCUT2D eigenvalue weighted by atomic mass is 10.1. The van der Waals surface area contributed by atoms with Crippen molar-refractivity contribution in [1.29, 1.82) is 0 Å². The molecule has 0 aliphatic heterocycles. The van der Waals surface area contributed by atoms with Crippen LogP contribution in [0.3, 0.4) is 0 Å². The van der Waals surface area contributed by atoms with Crippen molar-refractivity contribution in [3.05, 3.63) is 68.3 Å². The molecule has 1 N–H and O–H groups in total. The highest BCUT2D eigenvalue weighted by Crippen LogP contribution is 2.34. The van der Waals surface area contributed by atoms with E-state index in [4.69, 9.17) is 18.9 Å². The number of aliphatic hydroxyl groups excluding tert-OH is 1. The second kappa shape index (κ2) is 11.6. The number of halogens is 2. The molecular formula is C23H22Br2O6. The van der Waals surface area contributed by atoms with E-state index in [0.29, 0.717) is 34.1 Å². The molecule has 0 fully saturated rings. The number of carbonyl (C=O) groups excluding carboxylic acids is 1. The molecular weight excluding hydrogens is 532 g/mol. The standard InChI is InChI=1S/C23H22Br2O6/c1-28-20-12-22(30-3)18(24)9-14(20)5-7-16(26)11-17(27)8-6-15-10-19(25)23(31-4)13-21(15)29-2/h5-13,26H,1-4H3/b7-5+,8-6+,16-11-. The summed E-state index contributed by atoms with van der Waals surface area (Å²) >= 11 is 6.81. The minimum atomic E-state index is -0.390. The first-order valence-electron chi connectivity index (χ1n) is 8.96. The SMILES string of the molecule is COc1cc(OC)c(/C=C/C(=O)/C=C(O)/C=C/c2cc(Br)c(OC)cc2OC)cc1Br. The second-order valence-corrected chi connectivity index (χ2v) is 7.80. The largest absolute Gasteiger partial charge is 0.508 e. The van der Waals surface area contributed by atoms with Gasteiger partial charge in [0.2, 0.25) is 0 Å². The Morgan fingerprint density at radius 1 is 0.742 bits per heavy atom. The first-order valence-corrected chi connectivity index (χ1v) is 10.5. The van der Waals surface area contributed by atoms with Crippen LogP contribution < -0.4 is 18.9 Å². The summed E-state index contributed by atoms with van der Waals surface area (Å²) in [6, 6.07) is 7.00. The number of hydrogen-bond donors (Lipinski definition) is 1. The van der Waals surface area contributed by atoms with Crippen LogP contribution in [-0.2, 0) is 4.79 Å². The van der Waals surface area contributed by atoms with Gasteiger partial charge in [0, 0.05) is 29.3 Å². The number of ketones is 1. The molecule has 0 bridgehead atoms. The molecule has 164 valence electrons. The predicted molar refractivity (Wildman–Crippen MR) is 128 cm³/mol. The number of allylic oxidation sites excluding steroid dienone is 3. The molecule has 0 unspecified atom stereocenters. The first kappa shape index (κ1) is 24.6. The van der Waals surface area contributed by atoms with Crippen molar-refractivity contribution in [1.82, 2.24) is 0 Å². The lowest BCUT2D eigenvalue weighted by Crippen LogP contribution is -1.93. The average Bonchev–Trinajstić information content (AvgIpc) is 2.76. The fraction of sp³-hybridized carbons (Fsp3) is 0.174. The third-order valence-corrected chi connectivity index (χ3v) is 5.40. The van der Waals surface area contributed by atoms with Gasteiger partial charge in [0.1, 0.15) is 28.8 Å². The minimum Gasteiger partial charge on any atom is -0.508 e. The highest BCUT2D eigenvalue weighted by atomic mass is 79.9. The quantitative estimate of drug-likeness (QED) is 0.234. The van der Waals surface area contributed by atoms with E-state index in [1.807, 2.05) is 0 Å². The Bertz CT molecular complexity index is 1040. The van der Waals surface area contributed by atoms with Crippen molar-refractivity contribution >= 4 is 49.8 Å². The molecule has 0 heterocycles. The topological polar surface area (TPSA) is 74.2 Å². The summed E-state index contributed by atoms with van der Waals surface area (Å²) in [5, 5.41) is 10.1. The van der Waals surface area contributed by atoms with Crippen LogP contribution in [0, 0.1) is 0 Å². The summed E-state index contributed by atoms with van der Waals surface area (Å²) in [5.74, 6) is 1.76. The average molecular weight is 554 g/mol. The van der Waals surface area contributed by atoms with Crippen LogP contribution in [0.4, 0.5) is 0 Å². The van der Waals surface area contributed by atoms with E-state index >= 15 is 0 Å². The highest BCUT2D eigenvalue weighted by molar-refractivity contribution is 9.10. The van der Waals surface area contributed by atoms with Crippen molar-refractivity contribution in [2.45, 2.75) is 0 Å². The van der Waals surface area contributed by atoms with Gasteiger partial charge in [-0.25, -0.2) is 0 Å². The number of carbonyl (C=O) groups is 1. The molecule has 0 atom stereocenters. The Kier molecular flexibility index (Phi) is 9.21. The van der Waals surface area contributed by atoms with E-state index in [1.54, 1.807) is 50.6 Å². The molecule has 0 aliphatic carbocycles. The lowest BCUT2D eigenvalue weighted by molar-refractivity contribution is -0.110. The Morgan fingerprint density at radius 3 is 1.58 bits per heavy atom. The third-order valence-electron chi connectivity index (χ3n) is 4.16. The second-order valence-electron chi connectivity index (χ2n) is 6.10. The van der Waals surface area contributed by atoms with E-state index in [-0.39, 0.29) is 11.5 Å². The molecule has 0 radical (unpaired) electrons. The van der Waals surface area contributed by atoms with Crippen LogP contribution in [0.25, 0.3) is 12.2 Å². The number of rotatable bonds is 9. The summed E-state index contributed by atoms with van der Waals surface area (Å²) in [7, 11) is 6.18. The van der Waals surface area contributed by atoms with Gasteiger partial charge in [0.25, 0.3) is 0 Å². The Balaban J connectivity index is 2.19. The molecule has 0 aliphatic rings. The van der Waals surface area contributed by atoms with Gasteiger partial charge in [-0.2, -0.15) is 0 Å². The fourth-order valence-corrected chi connectivity index (χ4v) is 3.66. The van der Waals surface area contributed by atoms with Gasteiger partial charge < -0.3 is 24.1 Å². The van der Waals surface area contributed by atoms with Crippen LogP contribution in [-0.4, -0.2) is 39.3 Å². The number of benzene rings is 2. The molecule has 31 heavy (non-hydrogen) atoms. The van der Waals surface area contributed by atoms with Gasteiger partial charge in [-0.05, 0) is 68.3 Å². The van der Waals surface area contributed by atoms with Crippen molar-refractivity contribution in [2.75, 3.05) is 28.4 Å². The zero-order valence-electron chi connectivity index (χ0n) is 17.4. The summed E-state index contributed by atoms with van der Waals surface area (Å²) in [5.41, 5.74) is 1.38. The Hall–Kier alpha value is -2.71. The fourth-order valence-electron chi connectivity index (χ4n) is 2.62. The van der Waals surface area contributed by atoms with E-state index in [0.717, 1.165) is 15.0 Å². The number of ether oxygens (including phenoxy) is 4. The van der Waals surface area contributed by atoms with Crippen molar-refractivity contribution in [3.8, 4) is 23.0 Å². The maximum Gasteiger partial charge on any atom is 0.182 e. The summed E-state index contributed by atoms with van der Waals surface area (Å²) in [4.78, 5) is 12.2. The van der Waals surface area contributed by atoms with Crippen LogP contribution in [0.2, 0.25) is 0 Å². The number of hydrogen-bond acceptors (Lipinski definition) is 6. The zero-order valence-corrected chi connectivity index (χ0v) is 20.6. The monoisotopic (exact) mass is 552 g/mol. The summed E-state index contributed by atoms with van der Waals surface area (Å²) in [6.45, 7) is 0. The predicted octanol–water partition coefficient (Wildman–Crippen LogP) is 5.98. The van der Waals surface area contributed by atoms with Crippen molar-refractivity contribution in [2.24, 2.45) is 0 Å². The summed E-state index contributed by atoms with van der Waals surface area (Å²) < 4.78 is 22.6. The molecule has 0 aromatic heterocycles. The van der Waals surface area contributed by atoms with Gasteiger partial charge in [0.05, 0.1) is 37.4 Å². The highest BCUT2D eigenvalue weighted by Gasteiger charge is 2.09. The van der Waals surface area contributed by atoms with Gasteiger partial charge >= 0.3 is 0 Å². The Morgan fingerprint density at radius 2 is 1.16 bits per heavy atom. The molecule has 6 nitrogen and oxygen atoms in total. The van der Waals surface area contributed by atoms with Crippen LogP contribution in [0.1, 0.15) is 11.1 Å². The molecule has 0 saturated heterocycles. The first-order chi connectivity index (χ1) is 14.8. The van der Waals surface area contributed by atoms with Gasteiger partial charge in [-0.3, -0.25) is 4.79 Å². The molecule has 0 saturated carbocycles. The number of methoxy groups -OCH3 is 4. The van der Waals surface area contributed by atoms with E-state index in [2.05, 4.69) is 31.9 Å². The molecule has 2 aromatic carbocycles. The van der Waals surface area contributed by atoms with E-state index < -0.39 is 0 Å². The molecule has 2 aromatic rings. The summed E-state index contributed by atoms with van der Waals surface area (Å²) in [6.07, 6.45) is 7.10. The normalized spacial score (nSPS) is 11.7. The molecule has 0 spiro atoms. The molecule has 8 heteroatoms. The van der Waals surface area contributed by atoms with E-state index in [9.17, 15) is 9.90 Å². The number of aliphatic hydroxyl groups is 1. The molecule has 2 rings (SSSR count). The van der Waals surface area contributed by atoms with Crippen LogP contribution >= 0.6 is 31.9 Å². The minimum absolute atomic E-state index is 0.202. The van der Waals surface area contributed by atoms with Gasteiger partial charge in [-0.15, -0.1) is 0 Å². The van der Waals surface area contributed by atoms with Crippen molar-refractivity contribution < 1.29 is 28.8 Å². The molecule has 0 amide bonds. The van der Waals surface area contributed by atoms with Gasteiger partial charge in [-0.1, -0.05) is 0 Å². The maximum atomic E-state index is 12.2. The van der Waals surface area contributed by atoms with Crippen LogP contribution in [0.15, 0.2) is 57.2 Å². The smallest absolute Gasteiger partial charge is 0.182 e. The van der Waals surface area contributed by atoms with Crippen LogP contribution in [0.5, 0.6) is 23.0 Å². The van der Waals surface area contributed by atoms with Crippen molar-refractivity contribution in [3.63, 3.8) is 0 Å². The third kappa shape index (κ3) is 6.63. The Labute approximate surface area is 198 Å². The zero-order chi connectivity index (χ0) is 23.0. The maximum absolute atomic E-state index is 12.2. The van der Waals surface area contributed by atoms with E-state index in [1.165, 1.54) is 26.4 Å². The lowest BCUT2D eigenvalue weighted by Gasteiger charge is -2.09. The van der Waals surface area contributed by atoms with Gasteiger partial charge in [0.15, 0.2) is 5.78 Å².